The first-order valence-corrected chi connectivity index (χ1v) is 9.65. The minimum Gasteiger partial charge on any atom is -0.350 e. The van der Waals surface area contributed by atoms with Crippen molar-refractivity contribution in [3.63, 3.8) is 0 Å². The van der Waals surface area contributed by atoms with Crippen molar-refractivity contribution in [1.29, 1.82) is 0 Å². The first-order valence-electron chi connectivity index (χ1n) is 7.05. The number of rotatable bonds is 6. The second kappa shape index (κ2) is 7.88. The van der Waals surface area contributed by atoms with Gasteiger partial charge in [0.1, 0.15) is 0 Å². The van der Waals surface area contributed by atoms with Gasteiger partial charge in [-0.2, -0.15) is 0 Å². The summed E-state index contributed by atoms with van der Waals surface area (Å²) in [7, 11) is -3.45. The summed E-state index contributed by atoms with van der Waals surface area (Å²) in [6.45, 7) is 0.275. The summed E-state index contributed by atoms with van der Waals surface area (Å²) in [4.78, 5) is 12.1. The third-order valence-corrected chi connectivity index (χ3v) is 5.16. The molecular weight excluding hydrogens is 371 g/mol. The maximum Gasteiger partial charge on any atom is 0.251 e. The van der Waals surface area contributed by atoms with E-state index < -0.39 is 10.0 Å². The van der Waals surface area contributed by atoms with Gasteiger partial charge in [-0.25, -0.2) is 8.42 Å². The molecule has 2 rings (SSSR count). The van der Waals surface area contributed by atoms with Crippen LogP contribution in [0.25, 0.3) is 0 Å². The van der Waals surface area contributed by atoms with Gasteiger partial charge >= 0.3 is 0 Å². The minimum atomic E-state index is -3.45. The van der Waals surface area contributed by atoms with Gasteiger partial charge in [0.05, 0.1) is 28.5 Å². The SMILES string of the molecule is CS(=O)(=O)N(CCNC(=O)c1ccc(Cl)c(Cl)c1)c1ccccc1. The van der Waals surface area contributed by atoms with Gasteiger partial charge in [0.2, 0.25) is 10.0 Å². The quantitative estimate of drug-likeness (QED) is 0.828. The van der Waals surface area contributed by atoms with E-state index in [1.165, 1.54) is 16.4 Å². The lowest BCUT2D eigenvalue weighted by atomic mass is 10.2. The molecule has 0 aliphatic rings. The summed E-state index contributed by atoms with van der Waals surface area (Å²) in [6.07, 6.45) is 1.13. The highest BCUT2D eigenvalue weighted by Crippen LogP contribution is 2.22. The third kappa shape index (κ3) is 4.87. The van der Waals surface area contributed by atoms with Crippen molar-refractivity contribution < 1.29 is 13.2 Å². The van der Waals surface area contributed by atoms with Crippen LogP contribution in [0.5, 0.6) is 0 Å². The summed E-state index contributed by atoms with van der Waals surface area (Å²) in [5.74, 6) is -0.352. The van der Waals surface area contributed by atoms with E-state index in [1.54, 1.807) is 36.4 Å². The van der Waals surface area contributed by atoms with Gasteiger partial charge in [0.25, 0.3) is 5.91 Å². The number of para-hydroxylation sites is 1. The fourth-order valence-corrected chi connectivity index (χ4v) is 3.32. The Balaban J connectivity index is 2.03. The highest BCUT2D eigenvalue weighted by atomic mass is 35.5. The molecule has 0 bridgehead atoms. The molecule has 128 valence electrons. The maximum absolute atomic E-state index is 12.1. The largest absolute Gasteiger partial charge is 0.350 e. The zero-order chi connectivity index (χ0) is 17.7. The van der Waals surface area contributed by atoms with Gasteiger partial charge in [0, 0.05) is 12.1 Å². The summed E-state index contributed by atoms with van der Waals surface area (Å²) < 4.78 is 25.1. The van der Waals surface area contributed by atoms with Crippen molar-refractivity contribution in [3.05, 3.63) is 64.1 Å². The summed E-state index contributed by atoms with van der Waals surface area (Å²) >= 11 is 11.7. The van der Waals surface area contributed by atoms with E-state index in [-0.39, 0.29) is 24.0 Å². The topological polar surface area (TPSA) is 66.5 Å². The van der Waals surface area contributed by atoms with E-state index in [4.69, 9.17) is 23.2 Å². The van der Waals surface area contributed by atoms with Crippen molar-refractivity contribution in [3.8, 4) is 0 Å². The number of benzene rings is 2. The number of halogens is 2. The van der Waals surface area contributed by atoms with Crippen molar-refractivity contribution in [2.45, 2.75) is 0 Å². The molecule has 24 heavy (non-hydrogen) atoms. The van der Waals surface area contributed by atoms with Crippen LogP contribution < -0.4 is 9.62 Å². The number of carbonyl (C=O) groups is 1. The van der Waals surface area contributed by atoms with Gasteiger partial charge < -0.3 is 5.32 Å². The van der Waals surface area contributed by atoms with E-state index in [1.807, 2.05) is 0 Å². The third-order valence-electron chi connectivity index (χ3n) is 3.23. The molecule has 8 heteroatoms. The molecule has 0 aliphatic heterocycles. The number of sulfonamides is 1. The Morgan fingerprint density at radius 2 is 1.75 bits per heavy atom. The van der Waals surface area contributed by atoms with Gasteiger partial charge in [-0.1, -0.05) is 41.4 Å². The van der Waals surface area contributed by atoms with Gasteiger partial charge in [-0.05, 0) is 30.3 Å². The van der Waals surface area contributed by atoms with E-state index >= 15 is 0 Å². The molecule has 0 unspecified atom stereocenters. The molecule has 0 aliphatic carbocycles. The predicted molar refractivity (Wildman–Crippen MR) is 97.4 cm³/mol. The molecule has 0 spiro atoms. The second-order valence-electron chi connectivity index (χ2n) is 5.06. The molecule has 1 amide bonds. The Kier molecular flexibility index (Phi) is 6.10. The Bertz CT molecular complexity index is 826. The predicted octanol–water partition coefficient (Wildman–Crippen LogP) is 3.19. The molecule has 0 saturated carbocycles. The molecule has 2 aromatic rings. The van der Waals surface area contributed by atoms with Crippen LogP contribution >= 0.6 is 23.2 Å². The first-order chi connectivity index (χ1) is 11.3. The number of anilines is 1. The standard InChI is InChI=1S/C16H16Cl2N2O3S/c1-24(22,23)20(13-5-3-2-4-6-13)10-9-19-16(21)12-7-8-14(17)15(18)11-12/h2-8,11H,9-10H2,1H3,(H,19,21). The summed E-state index contributed by atoms with van der Waals surface area (Å²) in [5.41, 5.74) is 0.902. The molecule has 0 fully saturated rings. The molecule has 1 N–H and O–H groups in total. The monoisotopic (exact) mass is 386 g/mol. The summed E-state index contributed by atoms with van der Waals surface area (Å²) in [5, 5.41) is 3.32. The van der Waals surface area contributed by atoms with Crippen molar-refractivity contribution >= 4 is 44.8 Å². The lowest BCUT2D eigenvalue weighted by Crippen LogP contribution is -2.38. The highest BCUT2D eigenvalue weighted by molar-refractivity contribution is 7.92. The van der Waals surface area contributed by atoms with Gasteiger partial charge in [-0.3, -0.25) is 9.10 Å². The number of hydrogen-bond acceptors (Lipinski definition) is 3. The smallest absolute Gasteiger partial charge is 0.251 e. The number of amides is 1. The average molecular weight is 387 g/mol. The highest BCUT2D eigenvalue weighted by Gasteiger charge is 2.17. The second-order valence-corrected chi connectivity index (χ2v) is 7.78. The van der Waals surface area contributed by atoms with E-state index in [0.29, 0.717) is 16.3 Å². The van der Waals surface area contributed by atoms with Crippen LogP contribution in [0.1, 0.15) is 10.4 Å². The van der Waals surface area contributed by atoms with Crippen LogP contribution in [0.3, 0.4) is 0 Å². The van der Waals surface area contributed by atoms with Crippen LogP contribution in [-0.2, 0) is 10.0 Å². The molecule has 0 heterocycles. The molecule has 0 radical (unpaired) electrons. The fraction of sp³-hybridized carbons (Fsp3) is 0.188. The van der Waals surface area contributed by atoms with Gasteiger partial charge in [-0.15, -0.1) is 0 Å². The molecule has 0 aromatic heterocycles. The summed E-state index contributed by atoms with van der Waals surface area (Å²) in [6, 6.07) is 13.2. The molecule has 0 atom stereocenters. The number of nitrogens with one attached hydrogen (secondary N) is 1. The lowest BCUT2D eigenvalue weighted by Gasteiger charge is -2.22. The van der Waals surface area contributed by atoms with Crippen molar-refractivity contribution in [2.75, 3.05) is 23.7 Å². The Morgan fingerprint density at radius 3 is 2.33 bits per heavy atom. The zero-order valence-corrected chi connectivity index (χ0v) is 15.2. The normalized spacial score (nSPS) is 11.1. The Labute approximate surface area is 151 Å². The van der Waals surface area contributed by atoms with Crippen LogP contribution in [0.4, 0.5) is 5.69 Å². The van der Waals surface area contributed by atoms with Crippen molar-refractivity contribution in [2.24, 2.45) is 0 Å². The first kappa shape index (κ1) is 18.6. The van der Waals surface area contributed by atoms with E-state index in [9.17, 15) is 13.2 Å². The van der Waals surface area contributed by atoms with E-state index in [0.717, 1.165) is 6.26 Å². The molecule has 0 saturated heterocycles. The van der Waals surface area contributed by atoms with Crippen molar-refractivity contribution in [1.82, 2.24) is 5.32 Å². The average Bonchev–Trinajstić information content (AvgIpc) is 2.53. The van der Waals surface area contributed by atoms with Crippen LogP contribution in [0, 0.1) is 0 Å². The lowest BCUT2D eigenvalue weighted by molar-refractivity contribution is 0.0955. The zero-order valence-electron chi connectivity index (χ0n) is 12.9. The Hall–Kier alpha value is -1.76. The number of hydrogen-bond donors (Lipinski definition) is 1. The number of nitrogens with zero attached hydrogens (tertiary/aromatic N) is 1. The van der Waals surface area contributed by atoms with Crippen LogP contribution in [-0.4, -0.2) is 33.7 Å². The molecule has 5 nitrogen and oxygen atoms in total. The Morgan fingerprint density at radius 1 is 1.08 bits per heavy atom. The molecule has 2 aromatic carbocycles. The van der Waals surface area contributed by atoms with Crippen LogP contribution in [0.2, 0.25) is 10.0 Å². The minimum absolute atomic E-state index is 0.121. The van der Waals surface area contributed by atoms with Crippen LogP contribution in [0.15, 0.2) is 48.5 Å². The van der Waals surface area contributed by atoms with Gasteiger partial charge in [0.15, 0.2) is 0 Å². The maximum atomic E-state index is 12.1. The number of carbonyl (C=O) groups excluding carboxylic acids is 1. The molecular formula is C16H16Cl2N2O3S. The van der Waals surface area contributed by atoms with E-state index in [2.05, 4.69) is 5.32 Å². The fourth-order valence-electron chi connectivity index (χ4n) is 2.09.